The third kappa shape index (κ3) is 2.79. The molecule has 0 aromatic heterocycles. The van der Waals surface area contributed by atoms with Crippen LogP contribution < -0.4 is 9.47 Å². The number of hydrogen-bond acceptors (Lipinski definition) is 5. The zero-order valence-electron chi connectivity index (χ0n) is 9.51. The van der Waals surface area contributed by atoms with Gasteiger partial charge in [0.15, 0.2) is 17.6 Å². The fourth-order valence-electron chi connectivity index (χ4n) is 1.38. The van der Waals surface area contributed by atoms with Gasteiger partial charge in [-0.25, -0.2) is 4.79 Å². The number of phenols is 1. The van der Waals surface area contributed by atoms with Gasteiger partial charge in [-0.2, -0.15) is 0 Å². The Kier molecular flexibility index (Phi) is 4.17. The summed E-state index contributed by atoms with van der Waals surface area (Å²) < 4.78 is 10.1. The number of rotatable bonds is 5. The van der Waals surface area contributed by atoms with Gasteiger partial charge >= 0.3 is 5.97 Å². The number of carboxylic acids is 1. The Morgan fingerprint density at radius 1 is 1.47 bits per heavy atom. The molecule has 1 aromatic rings. The SMILES string of the molecule is CCOc1cc(C(O)C(=O)O)cc(O)c1OC. The van der Waals surface area contributed by atoms with Gasteiger partial charge in [-0.15, -0.1) is 0 Å². The molecular formula is C11H14O6. The maximum Gasteiger partial charge on any atom is 0.337 e. The van der Waals surface area contributed by atoms with Gasteiger partial charge < -0.3 is 24.8 Å². The van der Waals surface area contributed by atoms with Crippen LogP contribution in [0, 0.1) is 0 Å². The Morgan fingerprint density at radius 2 is 2.12 bits per heavy atom. The van der Waals surface area contributed by atoms with Crippen LogP contribution in [-0.2, 0) is 4.79 Å². The number of ether oxygens (including phenoxy) is 2. The van der Waals surface area contributed by atoms with E-state index in [1.165, 1.54) is 13.2 Å². The van der Waals surface area contributed by atoms with Gasteiger partial charge in [0.25, 0.3) is 0 Å². The van der Waals surface area contributed by atoms with Crippen LogP contribution in [0.3, 0.4) is 0 Å². The molecule has 3 N–H and O–H groups in total. The van der Waals surface area contributed by atoms with Crippen molar-refractivity contribution in [1.82, 2.24) is 0 Å². The van der Waals surface area contributed by atoms with Gasteiger partial charge in [0.2, 0.25) is 5.75 Å². The predicted octanol–water partition coefficient (Wildman–Crippen LogP) is 0.917. The maximum absolute atomic E-state index is 10.6. The number of benzene rings is 1. The largest absolute Gasteiger partial charge is 0.504 e. The highest BCUT2D eigenvalue weighted by atomic mass is 16.5. The minimum absolute atomic E-state index is 0.0271. The van der Waals surface area contributed by atoms with Gasteiger partial charge in [-0.05, 0) is 24.6 Å². The van der Waals surface area contributed by atoms with Gasteiger partial charge in [0.05, 0.1) is 13.7 Å². The number of aliphatic carboxylic acids is 1. The molecule has 0 aliphatic rings. The number of hydrogen-bond donors (Lipinski definition) is 3. The number of aliphatic hydroxyl groups is 1. The summed E-state index contributed by atoms with van der Waals surface area (Å²) in [6, 6.07) is 2.45. The van der Waals surface area contributed by atoms with Crippen LogP contribution in [0.2, 0.25) is 0 Å². The van der Waals surface area contributed by atoms with Crippen LogP contribution in [0.1, 0.15) is 18.6 Å². The van der Waals surface area contributed by atoms with Crippen molar-refractivity contribution in [2.75, 3.05) is 13.7 Å². The molecule has 1 unspecified atom stereocenters. The summed E-state index contributed by atoms with van der Waals surface area (Å²) in [6.45, 7) is 2.05. The van der Waals surface area contributed by atoms with E-state index in [1.54, 1.807) is 6.92 Å². The summed E-state index contributed by atoms with van der Waals surface area (Å²) in [6.07, 6.45) is -1.72. The van der Waals surface area contributed by atoms with E-state index in [-0.39, 0.29) is 22.8 Å². The first-order valence-corrected chi connectivity index (χ1v) is 4.95. The summed E-state index contributed by atoms with van der Waals surface area (Å²) in [7, 11) is 1.35. The van der Waals surface area contributed by atoms with E-state index in [4.69, 9.17) is 14.6 Å². The van der Waals surface area contributed by atoms with E-state index in [0.717, 1.165) is 6.07 Å². The molecule has 0 aliphatic heterocycles. The number of carboxylic acid groups (broad SMARTS) is 1. The molecule has 0 bridgehead atoms. The van der Waals surface area contributed by atoms with Crippen LogP contribution in [0.5, 0.6) is 17.2 Å². The molecule has 0 saturated heterocycles. The topological polar surface area (TPSA) is 96.2 Å². The summed E-state index contributed by atoms with van der Waals surface area (Å²) in [5.41, 5.74) is 0.0271. The van der Waals surface area contributed by atoms with Crippen molar-refractivity contribution < 1.29 is 29.6 Å². The molecule has 1 aromatic carbocycles. The van der Waals surface area contributed by atoms with Crippen molar-refractivity contribution in [2.24, 2.45) is 0 Å². The quantitative estimate of drug-likeness (QED) is 0.710. The second-order valence-electron chi connectivity index (χ2n) is 3.25. The number of carbonyl (C=O) groups is 1. The fourth-order valence-corrected chi connectivity index (χ4v) is 1.38. The van der Waals surface area contributed by atoms with Crippen molar-refractivity contribution in [3.8, 4) is 17.2 Å². The summed E-state index contributed by atoms with van der Waals surface area (Å²) in [4.78, 5) is 10.6. The van der Waals surface area contributed by atoms with Crippen LogP contribution >= 0.6 is 0 Å². The smallest absolute Gasteiger partial charge is 0.337 e. The average molecular weight is 242 g/mol. The summed E-state index contributed by atoms with van der Waals surface area (Å²) >= 11 is 0. The molecule has 0 saturated carbocycles. The lowest BCUT2D eigenvalue weighted by Crippen LogP contribution is -2.10. The monoisotopic (exact) mass is 242 g/mol. The third-order valence-corrected chi connectivity index (χ3v) is 2.11. The van der Waals surface area contributed by atoms with Gasteiger partial charge in [0.1, 0.15) is 0 Å². The number of aliphatic hydroxyl groups excluding tert-OH is 1. The first-order valence-electron chi connectivity index (χ1n) is 4.95. The summed E-state index contributed by atoms with van der Waals surface area (Å²) in [5, 5.41) is 27.7. The van der Waals surface area contributed by atoms with E-state index in [1.807, 2.05) is 0 Å². The molecule has 0 aliphatic carbocycles. The van der Waals surface area contributed by atoms with Crippen LogP contribution in [0.15, 0.2) is 12.1 Å². The van der Waals surface area contributed by atoms with Gasteiger partial charge in [-0.3, -0.25) is 0 Å². The summed E-state index contributed by atoms with van der Waals surface area (Å²) in [5.74, 6) is -1.40. The lowest BCUT2D eigenvalue weighted by Gasteiger charge is -2.14. The van der Waals surface area contributed by atoms with Crippen LogP contribution in [0.25, 0.3) is 0 Å². The first-order chi connectivity index (χ1) is 8.01. The van der Waals surface area contributed by atoms with Gasteiger partial charge in [0, 0.05) is 0 Å². The highest BCUT2D eigenvalue weighted by molar-refractivity contribution is 5.75. The zero-order valence-corrected chi connectivity index (χ0v) is 9.51. The van der Waals surface area contributed by atoms with Crippen molar-refractivity contribution in [3.05, 3.63) is 17.7 Å². The van der Waals surface area contributed by atoms with Crippen molar-refractivity contribution in [3.63, 3.8) is 0 Å². The standard InChI is InChI=1S/C11H14O6/c1-3-17-8-5-6(9(13)11(14)15)4-7(12)10(8)16-2/h4-5,9,12-13H,3H2,1-2H3,(H,14,15). The van der Waals surface area contributed by atoms with E-state index in [0.29, 0.717) is 6.61 Å². The number of aromatic hydroxyl groups is 1. The van der Waals surface area contributed by atoms with E-state index in [2.05, 4.69) is 0 Å². The lowest BCUT2D eigenvalue weighted by molar-refractivity contribution is -0.146. The third-order valence-electron chi connectivity index (χ3n) is 2.11. The van der Waals surface area contributed by atoms with Crippen LogP contribution in [0.4, 0.5) is 0 Å². The Hall–Kier alpha value is -1.95. The first kappa shape index (κ1) is 13.1. The zero-order chi connectivity index (χ0) is 13.0. The molecule has 0 heterocycles. The number of phenolic OH excluding ortho intramolecular Hbond substituents is 1. The molecular weight excluding hydrogens is 228 g/mol. The van der Waals surface area contributed by atoms with Crippen molar-refractivity contribution in [1.29, 1.82) is 0 Å². The molecule has 0 amide bonds. The predicted molar refractivity (Wildman–Crippen MR) is 58.4 cm³/mol. The Labute approximate surface area is 98.0 Å². The Morgan fingerprint density at radius 3 is 2.59 bits per heavy atom. The Balaban J connectivity index is 3.23. The second-order valence-corrected chi connectivity index (χ2v) is 3.25. The Bertz CT molecular complexity index is 415. The number of methoxy groups -OCH3 is 1. The van der Waals surface area contributed by atoms with Crippen LogP contribution in [-0.4, -0.2) is 35.0 Å². The molecule has 1 atom stereocenters. The molecule has 94 valence electrons. The average Bonchev–Trinajstić information content (AvgIpc) is 2.28. The molecule has 1 rings (SSSR count). The lowest BCUT2D eigenvalue weighted by atomic mass is 10.1. The van der Waals surface area contributed by atoms with Crippen molar-refractivity contribution >= 4 is 5.97 Å². The molecule has 0 spiro atoms. The fraction of sp³-hybridized carbons (Fsp3) is 0.364. The minimum Gasteiger partial charge on any atom is -0.504 e. The maximum atomic E-state index is 10.6. The second kappa shape index (κ2) is 5.40. The van der Waals surface area contributed by atoms with E-state index < -0.39 is 12.1 Å². The molecule has 6 heteroatoms. The minimum atomic E-state index is -1.72. The molecule has 6 nitrogen and oxygen atoms in total. The normalized spacial score (nSPS) is 11.9. The molecule has 0 fully saturated rings. The van der Waals surface area contributed by atoms with E-state index in [9.17, 15) is 15.0 Å². The van der Waals surface area contributed by atoms with E-state index >= 15 is 0 Å². The van der Waals surface area contributed by atoms with Gasteiger partial charge in [-0.1, -0.05) is 0 Å². The highest BCUT2D eigenvalue weighted by Gasteiger charge is 2.21. The molecule has 0 radical (unpaired) electrons. The molecule has 17 heavy (non-hydrogen) atoms. The highest BCUT2D eigenvalue weighted by Crippen LogP contribution is 2.39. The van der Waals surface area contributed by atoms with Crippen molar-refractivity contribution in [2.45, 2.75) is 13.0 Å².